The predicted octanol–water partition coefficient (Wildman–Crippen LogP) is 3.19. The summed E-state index contributed by atoms with van der Waals surface area (Å²) in [4.78, 5) is 15.2. The van der Waals surface area contributed by atoms with Crippen molar-refractivity contribution in [2.75, 3.05) is 26.7 Å². The molecule has 1 atom stereocenters. The molecule has 0 aromatic heterocycles. The van der Waals surface area contributed by atoms with Crippen LogP contribution in [0.2, 0.25) is 0 Å². The van der Waals surface area contributed by atoms with Crippen molar-refractivity contribution >= 4 is 5.91 Å². The monoisotopic (exact) mass is 336 g/mol. The molecule has 5 rings (SSSR count). The quantitative estimate of drug-likeness (QED) is 0.932. The van der Waals surface area contributed by atoms with E-state index < -0.39 is 0 Å². The lowest BCUT2D eigenvalue weighted by molar-refractivity contribution is 0.0620. The smallest absolute Gasteiger partial charge is 0.251 e. The maximum absolute atomic E-state index is 12.7. The maximum Gasteiger partial charge on any atom is 0.251 e. The van der Waals surface area contributed by atoms with E-state index in [0.29, 0.717) is 5.92 Å². The highest BCUT2D eigenvalue weighted by Crippen LogP contribution is 2.28. The third kappa shape index (κ3) is 3.40. The minimum atomic E-state index is 0.0310. The first-order valence-electron chi connectivity index (χ1n) is 9.00. The van der Waals surface area contributed by atoms with Gasteiger partial charge in [-0.2, -0.15) is 0 Å². The minimum absolute atomic E-state index is 0.0310. The molecule has 1 unspecified atom stereocenters. The van der Waals surface area contributed by atoms with Crippen LogP contribution >= 0.6 is 0 Å². The zero-order valence-electron chi connectivity index (χ0n) is 14.6. The topological polar surface area (TPSA) is 41.6 Å². The first-order chi connectivity index (χ1) is 12.2. The molecule has 1 N–H and O–H groups in total. The second-order valence-electron chi connectivity index (χ2n) is 7.03. The summed E-state index contributed by atoms with van der Waals surface area (Å²) in [6, 6.07) is 16.0. The number of carbonyl (C=O) groups is 1. The molecule has 0 radical (unpaired) electrons. The van der Waals surface area contributed by atoms with Crippen LogP contribution in [-0.4, -0.2) is 43.6 Å². The van der Waals surface area contributed by atoms with Gasteiger partial charge in [0.15, 0.2) is 0 Å². The van der Waals surface area contributed by atoms with E-state index in [4.69, 9.17) is 4.74 Å². The lowest BCUT2D eigenvalue weighted by Gasteiger charge is -2.44. The molecule has 25 heavy (non-hydrogen) atoms. The lowest BCUT2D eigenvalue weighted by atomic mass is 9.84. The highest BCUT2D eigenvalue weighted by atomic mass is 16.5. The number of methoxy groups -OCH3 is 1. The number of nitrogens with zero attached hydrogens (tertiary/aromatic N) is 1. The summed E-state index contributed by atoms with van der Waals surface area (Å²) in [6.45, 7) is 3.36. The average Bonchev–Trinajstić information content (AvgIpc) is 2.69. The molecule has 3 aliphatic rings. The van der Waals surface area contributed by atoms with Crippen LogP contribution in [0.25, 0.3) is 11.1 Å². The summed E-state index contributed by atoms with van der Waals surface area (Å²) in [6.07, 6.45) is 2.41. The van der Waals surface area contributed by atoms with Gasteiger partial charge in [0.25, 0.3) is 5.91 Å². The van der Waals surface area contributed by atoms with Crippen LogP contribution in [0.4, 0.5) is 0 Å². The Balaban J connectivity index is 1.51. The Morgan fingerprint density at radius 1 is 1.08 bits per heavy atom. The fourth-order valence-electron chi connectivity index (χ4n) is 4.02. The molecule has 130 valence electrons. The van der Waals surface area contributed by atoms with Crippen LogP contribution in [-0.2, 0) is 0 Å². The van der Waals surface area contributed by atoms with E-state index >= 15 is 0 Å². The third-order valence-electron chi connectivity index (χ3n) is 5.50. The van der Waals surface area contributed by atoms with Gasteiger partial charge in [0, 0.05) is 18.2 Å². The van der Waals surface area contributed by atoms with E-state index in [-0.39, 0.29) is 11.9 Å². The SMILES string of the molecule is COc1cccc(-c2cccc(C(=O)NC3CN4CCC3CC4)c2)c1. The van der Waals surface area contributed by atoms with Crippen LogP contribution in [0.3, 0.4) is 0 Å². The van der Waals surface area contributed by atoms with Crippen LogP contribution < -0.4 is 10.1 Å². The second-order valence-corrected chi connectivity index (χ2v) is 7.03. The minimum Gasteiger partial charge on any atom is -0.497 e. The van der Waals surface area contributed by atoms with Gasteiger partial charge in [-0.15, -0.1) is 0 Å². The molecule has 3 saturated heterocycles. The molecule has 0 spiro atoms. The molecule has 4 heteroatoms. The Labute approximate surface area is 148 Å². The number of amides is 1. The van der Waals surface area contributed by atoms with Gasteiger partial charge in [-0.05, 0) is 67.2 Å². The Morgan fingerprint density at radius 2 is 1.80 bits per heavy atom. The zero-order chi connectivity index (χ0) is 17.2. The number of rotatable bonds is 4. The number of piperidine rings is 3. The predicted molar refractivity (Wildman–Crippen MR) is 98.8 cm³/mol. The number of hydrogen-bond acceptors (Lipinski definition) is 3. The number of benzene rings is 2. The zero-order valence-corrected chi connectivity index (χ0v) is 14.6. The van der Waals surface area contributed by atoms with Crippen molar-refractivity contribution in [2.45, 2.75) is 18.9 Å². The summed E-state index contributed by atoms with van der Waals surface area (Å²) in [7, 11) is 1.66. The van der Waals surface area contributed by atoms with Crippen molar-refractivity contribution < 1.29 is 9.53 Å². The highest BCUT2D eigenvalue weighted by molar-refractivity contribution is 5.95. The van der Waals surface area contributed by atoms with E-state index in [1.807, 2.05) is 48.5 Å². The van der Waals surface area contributed by atoms with Crippen molar-refractivity contribution in [2.24, 2.45) is 5.92 Å². The number of nitrogens with one attached hydrogen (secondary N) is 1. The second kappa shape index (κ2) is 6.89. The fraction of sp³-hybridized carbons (Fsp3) is 0.381. The van der Waals surface area contributed by atoms with Gasteiger partial charge in [0.2, 0.25) is 0 Å². The molecule has 1 amide bonds. The first-order valence-corrected chi connectivity index (χ1v) is 9.00. The summed E-state index contributed by atoms with van der Waals surface area (Å²) < 4.78 is 5.30. The Kier molecular flexibility index (Phi) is 4.45. The van der Waals surface area contributed by atoms with Crippen LogP contribution in [0.15, 0.2) is 48.5 Å². The van der Waals surface area contributed by atoms with E-state index in [9.17, 15) is 4.79 Å². The molecule has 4 nitrogen and oxygen atoms in total. The molecule has 3 aliphatic heterocycles. The first kappa shape index (κ1) is 16.2. The van der Waals surface area contributed by atoms with Crippen LogP contribution in [0.1, 0.15) is 23.2 Å². The summed E-state index contributed by atoms with van der Waals surface area (Å²) in [5, 5.41) is 3.26. The van der Waals surface area contributed by atoms with Gasteiger partial charge in [-0.25, -0.2) is 0 Å². The molecule has 0 saturated carbocycles. The van der Waals surface area contributed by atoms with E-state index in [0.717, 1.165) is 29.0 Å². The number of carbonyl (C=O) groups excluding carboxylic acids is 1. The average molecular weight is 336 g/mol. The molecular formula is C21H24N2O2. The van der Waals surface area contributed by atoms with Crippen molar-refractivity contribution in [1.29, 1.82) is 0 Å². The van der Waals surface area contributed by atoms with Crippen molar-refractivity contribution in [3.8, 4) is 16.9 Å². The Hall–Kier alpha value is -2.33. The molecule has 3 fully saturated rings. The Bertz CT molecular complexity index is 766. The maximum atomic E-state index is 12.7. The van der Waals surface area contributed by atoms with Crippen LogP contribution in [0, 0.1) is 5.92 Å². The molecular weight excluding hydrogens is 312 g/mol. The third-order valence-corrected chi connectivity index (χ3v) is 5.50. The number of hydrogen-bond donors (Lipinski definition) is 1. The van der Waals surface area contributed by atoms with Gasteiger partial charge in [0.1, 0.15) is 5.75 Å². The van der Waals surface area contributed by atoms with Crippen molar-refractivity contribution in [3.63, 3.8) is 0 Å². The Morgan fingerprint density at radius 3 is 2.48 bits per heavy atom. The fourth-order valence-corrected chi connectivity index (χ4v) is 4.02. The van der Waals surface area contributed by atoms with E-state index in [1.165, 1.54) is 25.9 Å². The summed E-state index contributed by atoms with van der Waals surface area (Å²) >= 11 is 0. The van der Waals surface area contributed by atoms with Gasteiger partial charge in [-0.1, -0.05) is 24.3 Å². The molecule has 2 bridgehead atoms. The van der Waals surface area contributed by atoms with Gasteiger partial charge < -0.3 is 15.0 Å². The van der Waals surface area contributed by atoms with Gasteiger partial charge in [-0.3, -0.25) is 4.79 Å². The normalized spacial score (nSPS) is 24.8. The lowest BCUT2D eigenvalue weighted by Crippen LogP contribution is -2.57. The molecule has 2 aromatic rings. The number of ether oxygens (including phenoxy) is 1. The highest BCUT2D eigenvalue weighted by Gasteiger charge is 2.34. The van der Waals surface area contributed by atoms with Gasteiger partial charge in [0.05, 0.1) is 7.11 Å². The number of fused-ring (bicyclic) bond motifs is 3. The van der Waals surface area contributed by atoms with Gasteiger partial charge >= 0.3 is 0 Å². The van der Waals surface area contributed by atoms with E-state index in [1.54, 1.807) is 7.11 Å². The summed E-state index contributed by atoms with van der Waals surface area (Å²) in [5.41, 5.74) is 2.80. The molecule has 3 heterocycles. The van der Waals surface area contributed by atoms with Crippen molar-refractivity contribution in [3.05, 3.63) is 54.1 Å². The summed E-state index contributed by atoms with van der Waals surface area (Å²) in [5.74, 6) is 1.48. The van der Waals surface area contributed by atoms with Crippen LogP contribution in [0.5, 0.6) is 5.75 Å². The standard InChI is InChI=1S/C21H24N2O2/c1-25-19-7-3-5-17(13-19)16-4-2-6-18(12-16)21(24)22-20-14-23-10-8-15(20)9-11-23/h2-7,12-13,15,20H,8-11,14H2,1H3,(H,22,24). The van der Waals surface area contributed by atoms with E-state index in [2.05, 4.69) is 10.2 Å². The largest absolute Gasteiger partial charge is 0.497 e. The van der Waals surface area contributed by atoms with Crippen molar-refractivity contribution in [1.82, 2.24) is 10.2 Å². The molecule has 0 aliphatic carbocycles. The molecule has 2 aromatic carbocycles.